The maximum absolute atomic E-state index is 12.2. The standard InChI is InChI=1S/C16H30O7Si/c1-6-15(24(18-3,19-4)20-5)23-16(17)13(2)9-7-8-10-21-11-14-12-22-14/h9,14-15H,6-8,10-12H2,1-5H3. The minimum absolute atomic E-state index is 0.287. The second kappa shape index (κ2) is 11.0. The average Bonchev–Trinajstić information content (AvgIpc) is 3.42. The van der Waals surface area contributed by atoms with Gasteiger partial charge in [-0.05, 0) is 26.2 Å². The van der Waals surface area contributed by atoms with E-state index in [0.717, 1.165) is 19.4 Å². The van der Waals surface area contributed by atoms with Gasteiger partial charge < -0.3 is 27.5 Å². The van der Waals surface area contributed by atoms with Crippen molar-refractivity contribution < 1.29 is 32.3 Å². The van der Waals surface area contributed by atoms with Crippen molar-refractivity contribution in [3.8, 4) is 0 Å². The van der Waals surface area contributed by atoms with Crippen LogP contribution in [-0.4, -0.2) is 67.8 Å². The van der Waals surface area contributed by atoms with Gasteiger partial charge in [0, 0.05) is 33.5 Å². The van der Waals surface area contributed by atoms with Crippen LogP contribution in [-0.2, 0) is 32.3 Å². The Bertz CT molecular complexity index is 397. The minimum atomic E-state index is -3.01. The Morgan fingerprint density at radius 3 is 2.42 bits per heavy atom. The maximum atomic E-state index is 12.2. The molecule has 0 aromatic carbocycles. The van der Waals surface area contributed by atoms with Crippen LogP contribution in [0.15, 0.2) is 11.6 Å². The third kappa shape index (κ3) is 6.62. The number of carbonyl (C=O) groups is 1. The predicted molar refractivity (Wildman–Crippen MR) is 90.5 cm³/mol. The van der Waals surface area contributed by atoms with E-state index in [-0.39, 0.29) is 12.1 Å². The lowest BCUT2D eigenvalue weighted by Gasteiger charge is -2.31. The quantitative estimate of drug-likeness (QED) is 0.163. The van der Waals surface area contributed by atoms with Gasteiger partial charge in [0.15, 0.2) is 5.73 Å². The van der Waals surface area contributed by atoms with E-state index < -0.39 is 14.5 Å². The molecule has 0 aromatic rings. The molecule has 1 rings (SSSR count). The highest BCUT2D eigenvalue weighted by atomic mass is 28.4. The molecule has 2 atom stereocenters. The van der Waals surface area contributed by atoms with Crippen LogP contribution >= 0.6 is 0 Å². The number of rotatable bonds is 13. The first kappa shape index (κ1) is 21.3. The van der Waals surface area contributed by atoms with Crippen molar-refractivity contribution in [3.63, 3.8) is 0 Å². The van der Waals surface area contributed by atoms with Gasteiger partial charge in [-0.15, -0.1) is 0 Å². The van der Waals surface area contributed by atoms with Gasteiger partial charge >= 0.3 is 14.8 Å². The summed E-state index contributed by atoms with van der Waals surface area (Å²) in [6.07, 6.45) is 4.31. The van der Waals surface area contributed by atoms with Crippen LogP contribution in [0.1, 0.15) is 33.1 Å². The molecule has 7 nitrogen and oxygen atoms in total. The molecule has 0 N–H and O–H groups in total. The van der Waals surface area contributed by atoms with E-state index >= 15 is 0 Å². The summed E-state index contributed by atoms with van der Waals surface area (Å²) in [6.45, 7) is 5.75. The number of allylic oxidation sites excluding steroid dienone is 1. The third-order valence-electron chi connectivity index (χ3n) is 3.84. The molecule has 8 heteroatoms. The third-order valence-corrected chi connectivity index (χ3v) is 6.86. The minimum Gasteiger partial charge on any atom is -0.454 e. The van der Waals surface area contributed by atoms with Crippen LogP contribution in [0.2, 0.25) is 0 Å². The van der Waals surface area contributed by atoms with Gasteiger partial charge in [0.25, 0.3) is 0 Å². The Labute approximate surface area is 145 Å². The Hall–Kier alpha value is -0.773. The van der Waals surface area contributed by atoms with Gasteiger partial charge in [-0.25, -0.2) is 4.79 Å². The summed E-state index contributed by atoms with van der Waals surface area (Å²) in [5, 5.41) is 0. The topological polar surface area (TPSA) is 75.8 Å². The van der Waals surface area contributed by atoms with Gasteiger partial charge in [0.2, 0.25) is 0 Å². The number of hydrogen-bond acceptors (Lipinski definition) is 7. The summed E-state index contributed by atoms with van der Waals surface area (Å²) in [5.74, 6) is -0.378. The van der Waals surface area contributed by atoms with Gasteiger partial charge in [-0.2, -0.15) is 0 Å². The molecular weight excluding hydrogens is 332 g/mol. The zero-order valence-corrected chi connectivity index (χ0v) is 16.3. The van der Waals surface area contributed by atoms with Gasteiger partial charge in [-0.1, -0.05) is 13.0 Å². The van der Waals surface area contributed by atoms with E-state index in [9.17, 15) is 4.79 Å². The zero-order chi connectivity index (χ0) is 18.0. The largest absolute Gasteiger partial charge is 0.543 e. The van der Waals surface area contributed by atoms with Gasteiger partial charge in [0.1, 0.15) is 6.10 Å². The van der Waals surface area contributed by atoms with Crippen LogP contribution in [0.5, 0.6) is 0 Å². The van der Waals surface area contributed by atoms with Crippen molar-refractivity contribution >= 4 is 14.8 Å². The van der Waals surface area contributed by atoms with Crippen molar-refractivity contribution in [1.29, 1.82) is 0 Å². The van der Waals surface area contributed by atoms with Crippen LogP contribution < -0.4 is 0 Å². The summed E-state index contributed by atoms with van der Waals surface area (Å²) >= 11 is 0. The fourth-order valence-corrected chi connectivity index (χ4v) is 4.28. The number of hydrogen-bond donors (Lipinski definition) is 0. The Kier molecular flexibility index (Phi) is 9.71. The summed E-state index contributed by atoms with van der Waals surface area (Å²) in [5.41, 5.74) is 0.0282. The maximum Gasteiger partial charge on any atom is 0.543 e. The van der Waals surface area contributed by atoms with E-state index in [0.29, 0.717) is 25.2 Å². The second-order valence-corrected chi connectivity index (χ2v) is 8.65. The zero-order valence-electron chi connectivity index (χ0n) is 15.3. The molecule has 0 spiro atoms. The summed E-state index contributed by atoms with van der Waals surface area (Å²) in [7, 11) is 1.50. The highest BCUT2D eigenvalue weighted by Crippen LogP contribution is 2.19. The van der Waals surface area contributed by atoms with E-state index in [1.165, 1.54) is 21.3 Å². The van der Waals surface area contributed by atoms with Crippen molar-refractivity contribution in [2.45, 2.75) is 44.9 Å². The molecular formula is C16H30O7Si. The summed E-state index contributed by atoms with van der Waals surface area (Å²) in [6, 6.07) is 0. The average molecular weight is 362 g/mol. The fourth-order valence-electron chi connectivity index (χ4n) is 2.24. The fraction of sp³-hybridized carbons (Fsp3) is 0.812. The molecule has 140 valence electrons. The lowest BCUT2D eigenvalue weighted by atomic mass is 10.2. The van der Waals surface area contributed by atoms with E-state index in [2.05, 4.69) is 0 Å². The first-order valence-electron chi connectivity index (χ1n) is 8.25. The summed E-state index contributed by atoms with van der Waals surface area (Å²) in [4.78, 5) is 12.2. The molecule has 1 heterocycles. The van der Waals surface area contributed by atoms with Crippen LogP contribution in [0.4, 0.5) is 0 Å². The normalized spacial score (nSPS) is 19.2. The number of esters is 1. The molecule has 0 amide bonds. The van der Waals surface area contributed by atoms with Crippen molar-refractivity contribution in [2.75, 3.05) is 41.2 Å². The van der Waals surface area contributed by atoms with E-state index in [4.69, 9.17) is 27.5 Å². The van der Waals surface area contributed by atoms with E-state index in [1.807, 2.05) is 13.0 Å². The molecule has 2 unspecified atom stereocenters. The second-order valence-electron chi connectivity index (χ2n) is 5.58. The molecule has 1 saturated heterocycles. The smallest absolute Gasteiger partial charge is 0.454 e. The Balaban J connectivity index is 2.40. The Morgan fingerprint density at radius 1 is 1.29 bits per heavy atom. The molecule has 0 radical (unpaired) electrons. The first-order chi connectivity index (χ1) is 11.5. The van der Waals surface area contributed by atoms with Crippen LogP contribution in [0.3, 0.4) is 0 Å². The van der Waals surface area contributed by atoms with Crippen LogP contribution in [0, 0.1) is 0 Å². The number of epoxide rings is 1. The molecule has 0 aromatic heterocycles. The first-order valence-corrected chi connectivity index (χ1v) is 10.1. The lowest BCUT2D eigenvalue weighted by Crippen LogP contribution is -2.56. The van der Waals surface area contributed by atoms with Crippen LogP contribution in [0.25, 0.3) is 0 Å². The molecule has 0 aliphatic carbocycles. The number of carbonyl (C=O) groups excluding carboxylic acids is 1. The number of ether oxygens (including phenoxy) is 3. The highest BCUT2D eigenvalue weighted by molar-refractivity contribution is 6.62. The van der Waals surface area contributed by atoms with E-state index in [1.54, 1.807) is 6.92 Å². The molecule has 0 bridgehead atoms. The van der Waals surface area contributed by atoms with Crippen molar-refractivity contribution in [1.82, 2.24) is 0 Å². The monoisotopic (exact) mass is 362 g/mol. The lowest BCUT2D eigenvalue weighted by molar-refractivity contribution is -0.144. The number of unbranched alkanes of at least 4 members (excludes halogenated alkanes) is 1. The van der Waals surface area contributed by atoms with Crippen molar-refractivity contribution in [2.24, 2.45) is 0 Å². The predicted octanol–water partition coefficient (Wildman–Crippen LogP) is 1.87. The molecule has 24 heavy (non-hydrogen) atoms. The molecule has 1 aliphatic heterocycles. The Morgan fingerprint density at radius 2 is 1.92 bits per heavy atom. The summed E-state index contributed by atoms with van der Waals surface area (Å²) < 4.78 is 32.2. The molecule has 1 aliphatic rings. The van der Waals surface area contributed by atoms with Crippen molar-refractivity contribution in [3.05, 3.63) is 11.6 Å². The van der Waals surface area contributed by atoms with Gasteiger partial charge in [-0.3, -0.25) is 0 Å². The SMILES string of the molecule is CCC(OC(=O)C(C)=CCCCOCC1CO1)[Si](OC)(OC)OC. The van der Waals surface area contributed by atoms with Gasteiger partial charge in [0.05, 0.1) is 13.2 Å². The molecule has 1 fully saturated rings. The highest BCUT2D eigenvalue weighted by Gasteiger charge is 2.49. The molecule has 0 saturated carbocycles.